The second-order valence-corrected chi connectivity index (χ2v) is 7.61. The predicted molar refractivity (Wildman–Crippen MR) is 98.6 cm³/mol. The maximum absolute atomic E-state index is 11.8. The number of rotatable bonds is 14. The normalized spacial score (nSPS) is 16.6. The van der Waals surface area contributed by atoms with Gasteiger partial charge in [-0.1, -0.05) is 84.0 Å². The topological polar surface area (TPSA) is 26.3 Å². The highest BCUT2D eigenvalue weighted by Gasteiger charge is 2.17. The van der Waals surface area contributed by atoms with Crippen LogP contribution in [0.25, 0.3) is 0 Å². The number of carbonyl (C=O) groups excluding carboxylic acids is 1. The quantitative estimate of drug-likeness (QED) is 0.259. The Hall–Kier alpha value is -0.530. The average Bonchev–Trinajstić information content (AvgIpc) is 3.05. The van der Waals surface area contributed by atoms with Crippen molar-refractivity contribution in [3.05, 3.63) is 0 Å². The lowest BCUT2D eigenvalue weighted by molar-refractivity contribution is -0.148. The van der Waals surface area contributed by atoms with Gasteiger partial charge in [-0.3, -0.25) is 4.79 Å². The van der Waals surface area contributed by atoms with Gasteiger partial charge in [0.05, 0.1) is 6.10 Å². The number of esters is 1. The van der Waals surface area contributed by atoms with Gasteiger partial charge in [-0.15, -0.1) is 0 Å². The van der Waals surface area contributed by atoms with Gasteiger partial charge in [0.2, 0.25) is 0 Å². The summed E-state index contributed by atoms with van der Waals surface area (Å²) < 4.78 is 5.54. The molecule has 1 rings (SSSR count). The Kier molecular flexibility index (Phi) is 12.4. The maximum Gasteiger partial charge on any atom is 0.306 e. The van der Waals surface area contributed by atoms with Crippen molar-refractivity contribution in [1.82, 2.24) is 0 Å². The first-order valence-corrected chi connectivity index (χ1v) is 10.4. The smallest absolute Gasteiger partial charge is 0.306 e. The first kappa shape index (κ1) is 20.5. The molecule has 23 heavy (non-hydrogen) atoms. The van der Waals surface area contributed by atoms with Crippen molar-refractivity contribution < 1.29 is 9.53 Å². The minimum Gasteiger partial charge on any atom is -0.463 e. The Balaban J connectivity index is 1.87. The van der Waals surface area contributed by atoms with Crippen LogP contribution in [0.4, 0.5) is 0 Å². The summed E-state index contributed by atoms with van der Waals surface area (Å²) in [6.07, 6.45) is 20.3. The largest absolute Gasteiger partial charge is 0.463 e. The van der Waals surface area contributed by atoms with Crippen LogP contribution in [-0.4, -0.2) is 12.1 Å². The zero-order chi connectivity index (χ0) is 16.8. The molecule has 0 spiro atoms. The minimum atomic E-state index is 0.0281. The summed E-state index contributed by atoms with van der Waals surface area (Å²) in [4.78, 5) is 11.8. The van der Waals surface area contributed by atoms with Crippen molar-refractivity contribution in [2.75, 3.05) is 0 Å². The molecule has 0 aliphatic heterocycles. The molecular formula is C21H40O2. The number of unbranched alkanes of at least 4 members (excludes halogenated alkanes) is 8. The summed E-state index contributed by atoms with van der Waals surface area (Å²) in [5, 5.41) is 0. The first-order chi connectivity index (χ1) is 11.2. The maximum atomic E-state index is 11.8. The van der Waals surface area contributed by atoms with E-state index in [-0.39, 0.29) is 12.1 Å². The number of hydrogen-bond donors (Lipinski definition) is 0. The fourth-order valence-corrected chi connectivity index (χ4v) is 3.71. The minimum absolute atomic E-state index is 0.0281. The van der Waals surface area contributed by atoms with E-state index in [1.165, 1.54) is 83.5 Å². The third-order valence-electron chi connectivity index (χ3n) is 5.28. The van der Waals surface area contributed by atoms with E-state index in [9.17, 15) is 4.79 Å². The van der Waals surface area contributed by atoms with Crippen LogP contribution in [-0.2, 0) is 9.53 Å². The molecule has 0 N–H and O–H groups in total. The average molecular weight is 325 g/mol. The highest BCUT2D eigenvalue weighted by molar-refractivity contribution is 5.69. The Morgan fingerprint density at radius 1 is 0.957 bits per heavy atom. The molecule has 0 bridgehead atoms. The molecule has 0 radical (unpaired) electrons. The van der Waals surface area contributed by atoms with Crippen molar-refractivity contribution in [1.29, 1.82) is 0 Å². The second-order valence-electron chi connectivity index (χ2n) is 7.61. The summed E-state index contributed by atoms with van der Waals surface area (Å²) >= 11 is 0. The SMILES string of the molecule is CCCCCCCCCCCC(C)OC(=O)CCC1CCCC1. The lowest BCUT2D eigenvalue weighted by Crippen LogP contribution is -2.15. The van der Waals surface area contributed by atoms with Crippen molar-refractivity contribution in [3.8, 4) is 0 Å². The van der Waals surface area contributed by atoms with E-state index in [0.29, 0.717) is 6.42 Å². The summed E-state index contributed by atoms with van der Waals surface area (Å²) in [6.45, 7) is 4.32. The summed E-state index contributed by atoms with van der Waals surface area (Å²) in [6, 6.07) is 0. The van der Waals surface area contributed by atoms with Crippen molar-refractivity contribution in [3.63, 3.8) is 0 Å². The van der Waals surface area contributed by atoms with Crippen LogP contribution in [0.2, 0.25) is 0 Å². The van der Waals surface area contributed by atoms with Gasteiger partial charge in [0.15, 0.2) is 0 Å². The van der Waals surface area contributed by atoms with Gasteiger partial charge >= 0.3 is 5.97 Å². The monoisotopic (exact) mass is 324 g/mol. The Morgan fingerprint density at radius 2 is 1.52 bits per heavy atom. The van der Waals surface area contributed by atoms with E-state index >= 15 is 0 Å². The molecule has 0 amide bonds. The predicted octanol–water partition coefficient (Wildman–Crippen LogP) is 6.81. The van der Waals surface area contributed by atoms with Gasteiger partial charge in [-0.25, -0.2) is 0 Å². The third kappa shape index (κ3) is 11.6. The number of carbonyl (C=O) groups is 1. The van der Waals surface area contributed by atoms with E-state index in [0.717, 1.165) is 18.8 Å². The van der Waals surface area contributed by atoms with Gasteiger partial charge < -0.3 is 4.74 Å². The highest BCUT2D eigenvalue weighted by atomic mass is 16.5. The first-order valence-electron chi connectivity index (χ1n) is 10.4. The molecule has 0 aromatic heterocycles. The highest BCUT2D eigenvalue weighted by Crippen LogP contribution is 2.28. The van der Waals surface area contributed by atoms with Crippen LogP contribution in [0, 0.1) is 5.92 Å². The van der Waals surface area contributed by atoms with Crippen LogP contribution in [0.1, 0.15) is 117 Å². The molecule has 1 aliphatic carbocycles. The number of ether oxygens (including phenoxy) is 1. The van der Waals surface area contributed by atoms with Crippen LogP contribution >= 0.6 is 0 Å². The van der Waals surface area contributed by atoms with Crippen LogP contribution in [0.5, 0.6) is 0 Å². The molecule has 2 nitrogen and oxygen atoms in total. The molecule has 1 unspecified atom stereocenters. The molecule has 0 saturated heterocycles. The van der Waals surface area contributed by atoms with E-state index < -0.39 is 0 Å². The molecule has 0 aromatic rings. The standard InChI is InChI=1S/C21H40O2/c1-3-4-5-6-7-8-9-10-11-14-19(2)23-21(22)18-17-20-15-12-13-16-20/h19-20H,3-18H2,1-2H3. The zero-order valence-corrected chi connectivity index (χ0v) is 15.8. The lowest BCUT2D eigenvalue weighted by atomic mass is 10.0. The Morgan fingerprint density at radius 3 is 2.13 bits per heavy atom. The molecule has 0 aromatic carbocycles. The molecule has 2 heteroatoms. The van der Waals surface area contributed by atoms with Gasteiger partial charge in [0, 0.05) is 6.42 Å². The van der Waals surface area contributed by atoms with Crippen molar-refractivity contribution in [2.24, 2.45) is 5.92 Å². The fourth-order valence-electron chi connectivity index (χ4n) is 3.71. The molecule has 1 fully saturated rings. The van der Waals surface area contributed by atoms with Gasteiger partial charge in [0.25, 0.3) is 0 Å². The van der Waals surface area contributed by atoms with Gasteiger partial charge in [-0.2, -0.15) is 0 Å². The van der Waals surface area contributed by atoms with E-state index in [1.807, 2.05) is 0 Å². The molecule has 1 saturated carbocycles. The molecule has 1 atom stereocenters. The van der Waals surface area contributed by atoms with E-state index in [4.69, 9.17) is 4.74 Å². The van der Waals surface area contributed by atoms with Crippen molar-refractivity contribution >= 4 is 5.97 Å². The lowest BCUT2D eigenvalue weighted by Gasteiger charge is -2.14. The molecule has 0 heterocycles. The Bertz CT molecular complexity index is 282. The third-order valence-corrected chi connectivity index (χ3v) is 5.28. The van der Waals surface area contributed by atoms with Gasteiger partial charge in [-0.05, 0) is 32.1 Å². The van der Waals surface area contributed by atoms with E-state index in [2.05, 4.69) is 13.8 Å². The molecule has 136 valence electrons. The van der Waals surface area contributed by atoms with Crippen LogP contribution < -0.4 is 0 Å². The van der Waals surface area contributed by atoms with Crippen LogP contribution in [0.3, 0.4) is 0 Å². The van der Waals surface area contributed by atoms with Crippen LogP contribution in [0.15, 0.2) is 0 Å². The summed E-state index contributed by atoms with van der Waals surface area (Å²) in [5.41, 5.74) is 0. The molecular weight excluding hydrogens is 284 g/mol. The second kappa shape index (κ2) is 13.9. The fraction of sp³-hybridized carbons (Fsp3) is 0.952. The van der Waals surface area contributed by atoms with E-state index in [1.54, 1.807) is 0 Å². The Labute approximate surface area is 144 Å². The zero-order valence-electron chi connectivity index (χ0n) is 15.8. The summed E-state index contributed by atoms with van der Waals surface area (Å²) in [7, 11) is 0. The van der Waals surface area contributed by atoms with Gasteiger partial charge in [0.1, 0.15) is 0 Å². The number of hydrogen-bond acceptors (Lipinski definition) is 2. The summed E-state index contributed by atoms with van der Waals surface area (Å²) in [5.74, 6) is 0.815. The molecule has 1 aliphatic rings. The van der Waals surface area contributed by atoms with Crippen molar-refractivity contribution in [2.45, 2.75) is 123 Å².